The fraction of sp³-hybridized carbons (Fsp3) is 0.115. The summed E-state index contributed by atoms with van der Waals surface area (Å²) in [6, 6.07) is 22.3. The van der Waals surface area contributed by atoms with Crippen LogP contribution in [-0.2, 0) is 6.42 Å². The fourth-order valence-corrected chi connectivity index (χ4v) is 4.62. The summed E-state index contributed by atoms with van der Waals surface area (Å²) < 4.78 is 0. The third kappa shape index (κ3) is 2.47. The maximum Gasteiger partial charge on any atom is 0.193 e. The highest BCUT2D eigenvalue weighted by Crippen LogP contribution is 2.48. The van der Waals surface area contributed by atoms with Gasteiger partial charge in [-0.25, -0.2) is 0 Å². The van der Waals surface area contributed by atoms with Crippen LogP contribution in [0.15, 0.2) is 72.8 Å². The predicted octanol–water partition coefficient (Wildman–Crippen LogP) is 5.54. The van der Waals surface area contributed by atoms with Crippen molar-refractivity contribution in [1.29, 1.82) is 0 Å². The number of hydrogen-bond acceptors (Lipinski definition) is 3. The zero-order valence-corrected chi connectivity index (χ0v) is 16.0. The molecule has 0 fully saturated rings. The number of benzene rings is 4. The largest absolute Gasteiger partial charge is 0.507 e. The molecule has 3 heteroatoms. The smallest absolute Gasteiger partial charge is 0.193 e. The predicted molar refractivity (Wildman–Crippen MR) is 114 cm³/mol. The van der Waals surface area contributed by atoms with Crippen LogP contribution in [0.2, 0.25) is 0 Å². The Hall–Kier alpha value is -3.59. The molecule has 0 saturated carbocycles. The lowest BCUT2D eigenvalue weighted by Crippen LogP contribution is -2.22. The van der Waals surface area contributed by atoms with Crippen molar-refractivity contribution in [2.24, 2.45) is 0 Å². The zero-order valence-electron chi connectivity index (χ0n) is 16.0. The lowest BCUT2D eigenvalue weighted by molar-refractivity contribution is 0.103. The Balaban J connectivity index is 1.90. The van der Waals surface area contributed by atoms with Crippen molar-refractivity contribution in [2.45, 2.75) is 19.3 Å². The van der Waals surface area contributed by atoms with Crippen LogP contribution in [-0.4, -0.2) is 16.0 Å². The summed E-state index contributed by atoms with van der Waals surface area (Å²) in [6.45, 7) is 2.06. The van der Waals surface area contributed by atoms with Gasteiger partial charge in [0, 0.05) is 33.4 Å². The van der Waals surface area contributed by atoms with Gasteiger partial charge in [-0.05, 0) is 29.2 Å². The molecule has 1 atom stereocenters. The van der Waals surface area contributed by atoms with Crippen LogP contribution in [0, 0.1) is 0 Å². The highest BCUT2D eigenvalue weighted by atomic mass is 16.3. The Labute approximate surface area is 168 Å². The van der Waals surface area contributed by atoms with E-state index < -0.39 is 0 Å². The summed E-state index contributed by atoms with van der Waals surface area (Å²) in [6.07, 6.45) is 0.773. The number of carbonyl (C=O) groups is 1. The second-order valence-electron chi connectivity index (χ2n) is 7.46. The Morgan fingerprint density at radius 3 is 2.28 bits per heavy atom. The van der Waals surface area contributed by atoms with Crippen LogP contribution >= 0.6 is 0 Å². The lowest BCUT2D eigenvalue weighted by Gasteiger charge is -2.30. The highest BCUT2D eigenvalue weighted by Gasteiger charge is 2.35. The van der Waals surface area contributed by atoms with Crippen LogP contribution in [0.3, 0.4) is 0 Å². The third-order valence-corrected chi connectivity index (χ3v) is 5.96. The average Bonchev–Trinajstić information content (AvgIpc) is 2.77. The molecule has 1 aliphatic carbocycles. The van der Waals surface area contributed by atoms with Crippen molar-refractivity contribution < 1.29 is 15.0 Å². The molecule has 0 aliphatic heterocycles. The summed E-state index contributed by atoms with van der Waals surface area (Å²) in [7, 11) is 0. The van der Waals surface area contributed by atoms with Crippen LogP contribution in [0.4, 0.5) is 0 Å². The van der Waals surface area contributed by atoms with Crippen LogP contribution in [0.5, 0.6) is 11.5 Å². The standard InChI is InChI=1S/C26H20O3/c1-2-15-8-7-13-20-23(15)24(17-10-4-6-12-19(17)25(20)28)21-14-22(27)16-9-3-5-11-18(16)26(21)29/h3-14,24,27,29H,2H2,1H3. The summed E-state index contributed by atoms with van der Waals surface area (Å²) >= 11 is 0. The topological polar surface area (TPSA) is 57.5 Å². The molecule has 1 aliphatic rings. The van der Waals surface area contributed by atoms with E-state index in [4.69, 9.17) is 0 Å². The van der Waals surface area contributed by atoms with E-state index >= 15 is 0 Å². The summed E-state index contributed by atoms with van der Waals surface area (Å²) in [5, 5.41) is 23.1. The Bertz CT molecular complexity index is 1290. The first-order valence-electron chi connectivity index (χ1n) is 9.80. The fourth-order valence-electron chi connectivity index (χ4n) is 4.62. The minimum atomic E-state index is -0.328. The van der Waals surface area contributed by atoms with Gasteiger partial charge in [0.25, 0.3) is 0 Å². The number of rotatable bonds is 2. The van der Waals surface area contributed by atoms with Gasteiger partial charge in [0.05, 0.1) is 0 Å². The van der Waals surface area contributed by atoms with Crippen LogP contribution < -0.4 is 0 Å². The third-order valence-electron chi connectivity index (χ3n) is 5.96. The van der Waals surface area contributed by atoms with Gasteiger partial charge in [0.1, 0.15) is 11.5 Å². The van der Waals surface area contributed by atoms with Crippen molar-refractivity contribution >= 4 is 16.6 Å². The number of ketones is 1. The Morgan fingerprint density at radius 1 is 0.793 bits per heavy atom. The molecule has 2 N–H and O–H groups in total. The number of aromatic hydroxyl groups is 2. The van der Waals surface area contributed by atoms with E-state index in [1.165, 1.54) is 0 Å². The molecule has 0 saturated heterocycles. The quantitative estimate of drug-likeness (QED) is 0.396. The molecule has 4 aromatic rings. The minimum absolute atomic E-state index is 0.00616. The molecule has 0 amide bonds. The molecular formula is C26H20O3. The second-order valence-corrected chi connectivity index (χ2v) is 7.46. The molecule has 5 rings (SSSR count). The van der Waals surface area contributed by atoms with Gasteiger partial charge in [-0.2, -0.15) is 0 Å². The molecule has 3 nitrogen and oxygen atoms in total. The Kier molecular flexibility index (Phi) is 3.92. The number of hydrogen-bond donors (Lipinski definition) is 2. The number of aryl methyl sites for hydroxylation is 1. The first-order valence-corrected chi connectivity index (χ1v) is 9.80. The van der Waals surface area contributed by atoms with Gasteiger partial charge in [-0.1, -0.05) is 73.7 Å². The molecule has 1 unspecified atom stereocenters. The molecule has 0 bridgehead atoms. The molecule has 0 aromatic heterocycles. The van der Waals surface area contributed by atoms with Crippen molar-refractivity contribution in [3.63, 3.8) is 0 Å². The number of phenols is 2. The molecule has 0 spiro atoms. The van der Waals surface area contributed by atoms with Crippen molar-refractivity contribution in [2.75, 3.05) is 0 Å². The SMILES string of the molecule is CCc1cccc2c1C(c1cc(O)c3ccccc3c1O)c1ccccc1C2=O. The summed E-state index contributed by atoms with van der Waals surface area (Å²) in [4.78, 5) is 13.2. The monoisotopic (exact) mass is 380 g/mol. The summed E-state index contributed by atoms with van der Waals surface area (Å²) in [5.41, 5.74) is 4.77. The first kappa shape index (κ1) is 17.5. The normalized spacial score (nSPS) is 15.2. The van der Waals surface area contributed by atoms with Gasteiger partial charge in [0.2, 0.25) is 0 Å². The number of carbonyl (C=O) groups excluding carboxylic acids is 1. The molecule has 142 valence electrons. The van der Waals surface area contributed by atoms with Gasteiger partial charge in [-0.3, -0.25) is 4.79 Å². The van der Waals surface area contributed by atoms with Crippen molar-refractivity contribution in [3.8, 4) is 11.5 Å². The lowest BCUT2D eigenvalue weighted by atomic mass is 9.72. The van der Waals surface area contributed by atoms with E-state index in [1.807, 2.05) is 54.6 Å². The maximum atomic E-state index is 13.2. The Morgan fingerprint density at radius 2 is 1.48 bits per heavy atom. The molecular weight excluding hydrogens is 360 g/mol. The average molecular weight is 380 g/mol. The van der Waals surface area contributed by atoms with Crippen molar-refractivity contribution in [3.05, 3.63) is 106 Å². The number of fused-ring (bicyclic) bond motifs is 3. The minimum Gasteiger partial charge on any atom is -0.507 e. The summed E-state index contributed by atoms with van der Waals surface area (Å²) in [5.74, 6) is -0.0556. The molecule has 4 aromatic carbocycles. The molecule has 0 radical (unpaired) electrons. The molecule has 0 heterocycles. The van der Waals surface area contributed by atoms with Crippen molar-refractivity contribution in [1.82, 2.24) is 0 Å². The zero-order chi connectivity index (χ0) is 20.1. The number of phenolic OH excluding ortho intramolecular Hbond substituents is 2. The van der Waals surface area contributed by atoms with Gasteiger partial charge in [-0.15, -0.1) is 0 Å². The van der Waals surface area contributed by atoms with E-state index in [9.17, 15) is 15.0 Å². The van der Waals surface area contributed by atoms with E-state index in [0.717, 1.165) is 23.1 Å². The first-order chi connectivity index (χ1) is 14.1. The van der Waals surface area contributed by atoms with Gasteiger partial charge < -0.3 is 10.2 Å². The second kappa shape index (κ2) is 6.49. The van der Waals surface area contributed by atoms with E-state index in [1.54, 1.807) is 18.2 Å². The maximum absolute atomic E-state index is 13.2. The highest BCUT2D eigenvalue weighted by molar-refractivity contribution is 6.13. The molecule has 29 heavy (non-hydrogen) atoms. The van der Waals surface area contributed by atoms with Crippen LogP contribution in [0.1, 0.15) is 51.0 Å². The van der Waals surface area contributed by atoms with Gasteiger partial charge >= 0.3 is 0 Å². The van der Waals surface area contributed by atoms with E-state index in [2.05, 4.69) is 6.92 Å². The van der Waals surface area contributed by atoms with Gasteiger partial charge in [0.15, 0.2) is 5.78 Å². The van der Waals surface area contributed by atoms with E-state index in [-0.39, 0.29) is 23.2 Å². The van der Waals surface area contributed by atoms with E-state index in [0.29, 0.717) is 27.5 Å². The van der Waals surface area contributed by atoms with Crippen LogP contribution in [0.25, 0.3) is 10.8 Å².